The summed E-state index contributed by atoms with van der Waals surface area (Å²) in [6, 6.07) is 5.79. The number of benzene rings is 1. The number of nitrogens with two attached hydrogens (primary N) is 2. The summed E-state index contributed by atoms with van der Waals surface area (Å²) < 4.78 is 0. The Kier molecular flexibility index (Phi) is 4.83. The number of amides is 1. The lowest BCUT2D eigenvalue weighted by Crippen LogP contribution is -2.17. The Labute approximate surface area is 101 Å². The van der Waals surface area contributed by atoms with Gasteiger partial charge in [0, 0.05) is 23.1 Å². The van der Waals surface area contributed by atoms with E-state index in [1.165, 1.54) is 5.56 Å². The van der Waals surface area contributed by atoms with E-state index in [9.17, 15) is 4.79 Å². The number of thioether (sulfide) groups is 1. The predicted molar refractivity (Wildman–Crippen MR) is 69.5 cm³/mol. The molecule has 0 bridgehead atoms. The van der Waals surface area contributed by atoms with Crippen molar-refractivity contribution in [3.63, 3.8) is 0 Å². The number of hydrogen-bond acceptors (Lipinski definition) is 3. The van der Waals surface area contributed by atoms with Crippen molar-refractivity contribution in [1.29, 1.82) is 0 Å². The molecule has 88 valence electrons. The van der Waals surface area contributed by atoms with Gasteiger partial charge in [0.1, 0.15) is 0 Å². The topological polar surface area (TPSA) is 69.1 Å². The average molecular weight is 238 g/mol. The van der Waals surface area contributed by atoms with E-state index < -0.39 is 0 Å². The van der Waals surface area contributed by atoms with Crippen LogP contribution in [0.25, 0.3) is 0 Å². The van der Waals surface area contributed by atoms with Gasteiger partial charge in [0.25, 0.3) is 0 Å². The standard InChI is InChI=1S/C12H18N2OS/c1-8-5-10(12(14)15)3-4-11(8)7-16-6-9(2)13/h3-5,9H,6-7,13H2,1-2H3,(H2,14,15). The van der Waals surface area contributed by atoms with E-state index in [1.807, 2.05) is 26.0 Å². The van der Waals surface area contributed by atoms with E-state index in [0.29, 0.717) is 5.56 Å². The van der Waals surface area contributed by atoms with Gasteiger partial charge in [-0.15, -0.1) is 0 Å². The molecule has 0 heterocycles. The number of carbonyl (C=O) groups excluding carboxylic acids is 1. The molecular weight excluding hydrogens is 220 g/mol. The van der Waals surface area contributed by atoms with Gasteiger partial charge < -0.3 is 11.5 Å². The summed E-state index contributed by atoms with van der Waals surface area (Å²) in [4.78, 5) is 11.0. The first-order chi connectivity index (χ1) is 7.50. The highest BCUT2D eigenvalue weighted by molar-refractivity contribution is 7.98. The maximum atomic E-state index is 11.0. The minimum atomic E-state index is -0.377. The molecule has 1 amide bonds. The lowest BCUT2D eigenvalue weighted by Gasteiger charge is -2.08. The lowest BCUT2D eigenvalue weighted by atomic mass is 10.1. The minimum Gasteiger partial charge on any atom is -0.366 e. The molecule has 0 aliphatic rings. The van der Waals surface area contributed by atoms with Crippen LogP contribution in [0.15, 0.2) is 18.2 Å². The highest BCUT2D eigenvalue weighted by atomic mass is 32.2. The minimum absolute atomic E-state index is 0.218. The second-order valence-electron chi connectivity index (χ2n) is 4.00. The fourth-order valence-corrected chi connectivity index (χ4v) is 2.40. The summed E-state index contributed by atoms with van der Waals surface area (Å²) >= 11 is 1.80. The highest BCUT2D eigenvalue weighted by Crippen LogP contribution is 2.17. The summed E-state index contributed by atoms with van der Waals surface area (Å²) in [5.41, 5.74) is 13.8. The van der Waals surface area contributed by atoms with Gasteiger partial charge in [0.05, 0.1) is 0 Å². The number of rotatable bonds is 5. The lowest BCUT2D eigenvalue weighted by molar-refractivity contribution is 0.1000. The van der Waals surface area contributed by atoms with Crippen LogP contribution >= 0.6 is 11.8 Å². The van der Waals surface area contributed by atoms with Gasteiger partial charge in [0.15, 0.2) is 0 Å². The zero-order valence-corrected chi connectivity index (χ0v) is 10.5. The molecule has 0 aliphatic carbocycles. The number of carbonyl (C=O) groups is 1. The van der Waals surface area contributed by atoms with E-state index in [-0.39, 0.29) is 11.9 Å². The third-order valence-electron chi connectivity index (χ3n) is 2.27. The molecule has 3 nitrogen and oxygen atoms in total. The van der Waals surface area contributed by atoms with E-state index in [4.69, 9.17) is 11.5 Å². The van der Waals surface area contributed by atoms with Crippen molar-refractivity contribution in [2.24, 2.45) is 11.5 Å². The average Bonchev–Trinajstić information content (AvgIpc) is 2.19. The van der Waals surface area contributed by atoms with Crippen molar-refractivity contribution >= 4 is 17.7 Å². The number of primary amides is 1. The van der Waals surface area contributed by atoms with Crippen molar-refractivity contribution in [2.75, 3.05) is 5.75 Å². The van der Waals surface area contributed by atoms with Crippen molar-refractivity contribution in [3.8, 4) is 0 Å². The molecule has 4 N–H and O–H groups in total. The Morgan fingerprint density at radius 3 is 2.69 bits per heavy atom. The van der Waals surface area contributed by atoms with Crippen LogP contribution in [-0.4, -0.2) is 17.7 Å². The first-order valence-corrected chi connectivity index (χ1v) is 6.39. The first-order valence-electron chi connectivity index (χ1n) is 5.23. The van der Waals surface area contributed by atoms with E-state index in [1.54, 1.807) is 17.8 Å². The quantitative estimate of drug-likeness (QED) is 0.820. The fraction of sp³-hybridized carbons (Fsp3) is 0.417. The third-order valence-corrected chi connectivity index (χ3v) is 3.54. The normalized spacial score (nSPS) is 12.4. The molecular formula is C12H18N2OS. The van der Waals surface area contributed by atoms with Crippen LogP contribution in [0.3, 0.4) is 0 Å². The molecule has 4 heteroatoms. The van der Waals surface area contributed by atoms with Gasteiger partial charge in [-0.1, -0.05) is 6.07 Å². The van der Waals surface area contributed by atoms with E-state index in [2.05, 4.69) is 0 Å². The Morgan fingerprint density at radius 2 is 2.19 bits per heavy atom. The molecule has 16 heavy (non-hydrogen) atoms. The molecule has 0 aromatic heterocycles. The van der Waals surface area contributed by atoms with Crippen molar-refractivity contribution in [3.05, 3.63) is 34.9 Å². The number of aryl methyl sites for hydroxylation is 1. The molecule has 0 fully saturated rings. The first kappa shape index (κ1) is 13.1. The van der Waals surface area contributed by atoms with Gasteiger partial charge in [-0.2, -0.15) is 11.8 Å². The van der Waals surface area contributed by atoms with Gasteiger partial charge in [-0.25, -0.2) is 0 Å². The highest BCUT2D eigenvalue weighted by Gasteiger charge is 2.04. The molecule has 0 aliphatic heterocycles. The summed E-state index contributed by atoms with van der Waals surface area (Å²) in [6.45, 7) is 3.99. The van der Waals surface area contributed by atoms with Crippen LogP contribution in [-0.2, 0) is 5.75 Å². The van der Waals surface area contributed by atoms with Crippen molar-refractivity contribution in [2.45, 2.75) is 25.6 Å². The summed E-state index contributed by atoms with van der Waals surface area (Å²) in [5, 5.41) is 0. The molecule has 0 saturated heterocycles. The SMILES string of the molecule is Cc1cc(C(N)=O)ccc1CSCC(C)N. The molecule has 1 atom stereocenters. The summed E-state index contributed by atoms with van der Waals surface area (Å²) in [6.07, 6.45) is 0. The monoisotopic (exact) mass is 238 g/mol. The van der Waals surface area contributed by atoms with Gasteiger partial charge >= 0.3 is 0 Å². The largest absolute Gasteiger partial charge is 0.366 e. The molecule has 0 radical (unpaired) electrons. The molecule has 1 aromatic carbocycles. The Bertz CT molecular complexity index is 377. The van der Waals surface area contributed by atoms with Crippen molar-refractivity contribution < 1.29 is 4.79 Å². The Hall–Kier alpha value is -1.000. The Morgan fingerprint density at radius 1 is 1.50 bits per heavy atom. The van der Waals surface area contributed by atoms with Crippen LogP contribution < -0.4 is 11.5 Å². The third kappa shape index (κ3) is 3.87. The zero-order chi connectivity index (χ0) is 12.1. The van der Waals surface area contributed by atoms with Crippen LogP contribution in [0.5, 0.6) is 0 Å². The van der Waals surface area contributed by atoms with Crippen LogP contribution in [0.1, 0.15) is 28.4 Å². The maximum Gasteiger partial charge on any atom is 0.248 e. The maximum absolute atomic E-state index is 11.0. The second kappa shape index (κ2) is 5.92. The number of hydrogen-bond donors (Lipinski definition) is 2. The molecule has 1 aromatic rings. The molecule has 1 unspecified atom stereocenters. The summed E-state index contributed by atoms with van der Waals surface area (Å²) in [7, 11) is 0. The molecule has 0 saturated carbocycles. The Balaban J connectivity index is 2.64. The predicted octanol–water partition coefficient (Wildman–Crippen LogP) is 1.67. The van der Waals surface area contributed by atoms with Crippen LogP contribution in [0, 0.1) is 6.92 Å². The van der Waals surface area contributed by atoms with Gasteiger partial charge in [0.2, 0.25) is 5.91 Å². The van der Waals surface area contributed by atoms with E-state index >= 15 is 0 Å². The summed E-state index contributed by atoms with van der Waals surface area (Å²) in [5.74, 6) is 1.49. The van der Waals surface area contributed by atoms with Gasteiger partial charge in [-0.05, 0) is 37.1 Å². The van der Waals surface area contributed by atoms with Crippen LogP contribution in [0.2, 0.25) is 0 Å². The van der Waals surface area contributed by atoms with Gasteiger partial charge in [-0.3, -0.25) is 4.79 Å². The van der Waals surface area contributed by atoms with Crippen molar-refractivity contribution in [1.82, 2.24) is 0 Å². The molecule has 0 spiro atoms. The fourth-order valence-electron chi connectivity index (χ4n) is 1.37. The molecule has 1 rings (SSSR count). The second-order valence-corrected chi connectivity index (χ2v) is 5.03. The smallest absolute Gasteiger partial charge is 0.248 e. The van der Waals surface area contributed by atoms with E-state index in [0.717, 1.165) is 17.1 Å². The van der Waals surface area contributed by atoms with Crippen LogP contribution in [0.4, 0.5) is 0 Å². The zero-order valence-electron chi connectivity index (χ0n) is 9.69.